The first-order valence-electron chi connectivity index (χ1n) is 7.21. The minimum atomic E-state index is -2.87. The number of anilines is 1. The van der Waals surface area contributed by atoms with Gasteiger partial charge in [0.05, 0.1) is 12.1 Å². The highest BCUT2D eigenvalue weighted by Crippen LogP contribution is 2.32. The Morgan fingerprint density at radius 1 is 1.42 bits per heavy atom. The molecule has 1 saturated heterocycles. The third kappa shape index (κ3) is 3.46. The van der Waals surface area contributed by atoms with Gasteiger partial charge in [0.1, 0.15) is 15.9 Å². The van der Waals surface area contributed by atoms with Gasteiger partial charge in [-0.2, -0.15) is 0 Å². The molecule has 1 aliphatic heterocycles. The fourth-order valence-electron chi connectivity index (χ4n) is 2.59. The molecule has 0 saturated carbocycles. The molecule has 2 N–H and O–H groups in total. The van der Waals surface area contributed by atoms with Crippen molar-refractivity contribution in [1.82, 2.24) is 19.9 Å². The molecule has 3 heterocycles. The second-order valence-corrected chi connectivity index (χ2v) is 6.94. The molecule has 0 aromatic carbocycles. The smallest absolute Gasteiger partial charge is 0.407 e. The van der Waals surface area contributed by atoms with E-state index in [9.17, 15) is 18.4 Å². The number of aromatic amines is 1. The number of alkyl halides is 2. The van der Waals surface area contributed by atoms with Gasteiger partial charge in [-0.25, -0.2) is 23.5 Å². The number of nitrogens with zero attached hydrogens (tertiary/aromatic N) is 4. The lowest BCUT2D eigenvalue weighted by Gasteiger charge is -2.40. The van der Waals surface area contributed by atoms with E-state index in [0.29, 0.717) is 4.88 Å². The molecule has 26 heavy (non-hydrogen) atoms. The third-order valence-corrected chi connectivity index (χ3v) is 5.41. The van der Waals surface area contributed by atoms with E-state index >= 15 is 0 Å². The number of nitrogens with one attached hydrogen (secondary N) is 1. The van der Waals surface area contributed by atoms with Gasteiger partial charge in [0.25, 0.3) is 12.0 Å². The Labute approximate surface area is 159 Å². The number of hydrogen-bond acceptors (Lipinski definition) is 6. The van der Waals surface area contributed by atoms with E-state index in [-0.39, 0.29) is 34.9 Å². The van der Waals surface area contributed by atoms with Crippen LogP contribution in [-0.2, 0) is 0 Å². The van der Waals surface area contributed by atoms with Crippen molar-refractivity contribution in [2.75, 3.05) is 24.5 Å². The van der Waals surface area contributed by atoms with E-state index in [4.69, 9.17) is 28.3 Å². The molecule has 8 nitrogen and oxygen atoms in total. The normalized spacial score (nSPS) is 17.8. The minimum absolute atomic E-state index is 0.0278. The lowest BCUT2D eigenvalue weighted by atomic mass is 10.1. The van der Waals surface area contributed by atoms with Crippen molar-refractivity contribution in [3.05, 3.63) is 26.0 Å². The predicted octanol–water partition coefficient (Wildman–Crippen LogP) is 2.63. The van der Waals surface area contributed by atoms with Crippen LogP contribution in [0, 0.1) is 0 Å². The molecule has 0 radical (unpaired) electrons. The molecule has 1 amide bonds. The van der Waals surface area contributed by atoms with Crippen LogP contribution in [0.1, 0.15) is 0 Å². The molecular weight excluding hydrogens is 415 g/mol. The number of H-pyrrole nitrogens is 1. The van der Waals surface area contributed by atoms with Crippen molar-refractivity contribution >= 4 is 46.4 Å². The fraction of sp³-hybridized carbons (Fsp3) is 0.385. The maximum Gasteiger partial charge on any atom is 0.407 e. The number of carbonyl (C=O) groups is 1. The van der Waals surface area contributed by atoms with Crippen LogP contribution in [0.25, 0.3) is 10.7 Å². The number of halogens is 4. The van der Waals surface area contributed by atoms with Gasteiger partial charge in [-0.1, -0.05) is 23.2 Å². The maximum atomic E-state index is 13.5. The fourth-order valence-corrected chi connectivity index (χ4v) is 3.74. The van der Waals surface area contributed by atoms with Gasteiger partial charge in [-0.15, -0.1) is 11.3 Å². The summed E-state index contributed by atoms with van der Waals surface area (Å²) in [4.78, 5) is 36.1. The molecular formula is C13H11Cl2F2N5O3S. The lowest BCUT2D eigenvalue weighted by Crippen LogP contribution is -2.58. The summed E-state index contributed by atoms with van der Waals surface area (Å²) in [6.07, 6.45) is -4.16. The SMILES string of the molecule is O=C(O)N1CCN(c2nc(-c3scnc3Cl)[nH]c(=O)c2Cl)C(C(F)F)C1. The summed E-state index contributed by atoms with van der Waals surface area (Å²) in [7, 11) is 0. The number of rotatable bonds is 3. The van der Waals surface area contributed by atoms with Gasteiger partial charge < -0.3 is 19.9 Å². The highest BCUT2D eigenvalue weighted by atomic mass is 35.5. The summed E-state index contributed by atoms with van der Waals surface area (Å²) in [6.45, 7) is -0.554. The molecule has 0 spiro atoms. The summed E-state index contributed by atoms with van der Waals surface area (Å²) in [5.41, 5.74) is 0.726. The summed E-state index contributed by atoms with van der Waals surface area (Å²) >= 11 is 13.0. The van der Waals surface area contributed by atoms with Crippen LogP contribution in [-0.4, -0.2) is 63.2 Å². The first kappa shape index (κ1) is 18.8. The molecule has 0 aliphatic carbocycles. The zero-order chi connectivity index (χ0) is 19.0. The van der Waals surface area contributed by atoms with Crippen LogP contribution in [0.4, 0.5) is 19.4 Å². The van der Waals surface area contributed by atoms with Crippen LogP contribution in [0.2, 0.25) is 10.2 Å². The predicted molar refractivity (Wildman–Crippen MR) is 92.7 cm³/mol. The van der Waals surface area contributed by atoms with Gasteiger partial charge in [0.2, 0.25) is 0 Å². The summed E-state index contributed by atoms with van der Waals surface area (Å²) in [6, 6.07) is -1.49. The standard InChI is InChI=1S/C13H11Cl2F2N5O3S/c14-6-11(19-10(20-12(6)23)7-8(15)18-4-26-7)22-2-1-21(13(24)25)3-5(22)9(16)17/h4-5,9H,1-3H2,(H,24,25)(H,19,20,23). The zero-order valence-corrected chi connectivity index (χ0v) is 15.2. The van der Waals surface area contributed by atoms with E-state index in [1.165, 1.54) is 5.51 Å². The number of amides is 1. The Hall–Kier alpha value is -1.98. The van der Waals surface area contributed by atoms with E-state index in [0.717, 1.165) is 21.1 Å². The first-order valence-corrected chi connectivity index (χ1v) is 8.85. The van der Waals surface area contributed by atoms with Crippen molar-refractivity contribution in [3.63, 3.8) is 0 Å². The minimum Gasteiger partial charge on any atom is -0.465 e. The lowest BCUT2D eigenvalue weighted by molar-refractivity contribution is 0.0706. The Balaban J connectivity index is 2.05. The molecule has 140 valence electrons. The Kier molecular flexibility index (Phi) is 5.30. The van der Waals surface area contributed by atoms with Gasteiger partial charge in [-0.05, 0) is 0 Å². The van der Waals surface area contributed by atoms with Crippen LogP contribution >= 0.6 is 34.5 Å². The summed E-state index contributed by atoms with van der Waals surface area (Å²) in [5, 5.41) is 8.79. The topological polar surface area (TPSA) is 102 Å². The van der Waals surface area contributed by atoms with Gasteiger partial charge in [-0.3, -0.25) is 4.79 Å². The maximum absolute atomic E-state index is 13.5. The number of thiazole rings is 1. The molecule has 2 aromatic heterocycles. The second kappa shape index (κ2) is 7.33. The zero-order valence-electron chi connectivity index (χ0n) is 12.8. The molecule has 1 aliphatic rings. The molecule has 1 fully saturated rings. The monoisotopic (exact) mass is 425 g/mol. The molecule has 1 unspecified atom stereocenters. The largest absolute Gasteiger partial charge is 0.465 e. The van der Waals surface area contributed by atoms with Crippen molar-refractivity contribution in [2.45, 2.75) is 12.5 Å². The van der Waals surface area contributed by atoms with E-state index in [1.54, 1.807) is 0 Å². The average molecular weight is 426 g/mol. The van der Waals surface area contributed by atoms with Crippen LogP contribution in [0.15, 0.2) is 10.3 Å². The highest BCUT2D eigenvalue weighted by molar-refractivity contribution is 7.13. The summed E-state index contributed by atoms with van der Waals surface area (Å²) < 4.78 is 27.0. The number of piperazine rings is 1. The number of carboxylic acid groups (broad SMARTS) is 1. The van der Waals surface area contributed by atoms with Gasteiger partial charge in [0, 0.05) is 13.1 Å². The number of hydrogen-bond donors (Lipinski definition) is 2. The van der Waals surface area contributed by atoms with E-state index in [1.807, 2.05) is 0 Å². The molecule has 2 aromatic rings. The van der Waals surface area contributed by atoms with E-state index in [2.05, 4.69) is 15.0 Å². The van der Waals surface area contributed by atoms with Crippen molar-refractivity contribution in [3.8, 4) is 10.7 Å². The number of aromatic nitrogens is 3. The Bertz CT molecular complexity index is 893. The molecule has 3 rings (SSSR count). The second-order valence-electron chi connectivity index (χ2n) is 5.35. The van der Waals surface area contributed by atoms with Crippen LogP contribution < -0.4 is 10.5 Å². The van der Waals surface area contributed by atoms with Crippen LogP contribution in [0.5, 0.6) is 0 Å². The van der Waals surface area contributed by atoms with Crippen molar-refractivity contribution in [1.29, 1.82) is 0 Å². The summed E-state index contributed by atoms with van der Waals surface area (Å²) in [5.74, 6) is -0.0965. The van der Waals surface area contributed by atoms with Crippen molar-refractivity contribution in [2.24, 2.45) is 0 Å². The quantitative estimate of drug-likeness (QED) is 0.783. The first-order chi connectivity index (χ1) is 12.3. The highest BCUT2D eigenvalue weighted by Gasteiger charge is 2.37. The van der Waals surface area contributed by atoms with Crippen molar-refractivity contribution < 1.29 is 18.7 Å². The van der Waals surface area contributed by atoms with Gasteiger partial charge >= 0.3 is 6.09 Å². The molecule has 13 heteroatoms. The van der Waals surface area contributed by atoms with Crippen LogP contribution in [0.3, 0.4) is 0 Å². The molecule has 0 bridgehead atoms. The Morgan fingerprint density at radius 3 is 2.73 bits per heavy atom. The van der Waals surface area contributed by atoms with E-state index < -0.39 is 30.7 Å². The molecule has 1 atom stereocenters. The third-order valence-electron chi connectivity index (χ3n) is 3.84. The Morgan fingerprint density at radius 2 is 2.15 bits per heavy atom. The van der Waals surface area contributed by atoms with Gasteiger partial charge in [0.15, 0.2) is 16.8 Å². The average Bonchev–Trinajstić information content (AvgIpc) is 3.02.